The largest absolute Gasteiger partial charge is 0.475 e. The van der Waals surface area contributed by atoms with Crippen LogP contribution in [0.25, 0.3) is 0 Å². The van der Waals surface area contributed by atoms with Crippen molar-refractivity contribution in [3.05, 3.63) is 126 Å². The summed E-state index contributed by atoms with van der Waals surface area (Å²) in [7, 11) is -3.39. The topological polar surface area (TPSA) is 47.9 Å². The van der Waals surface area contributed by atoms with E-state index in [2.05, 4.69) is 12.1 Å². The smallest absolute Gasteiger partial charge is 0.306 e. The van der Waals surface area contributed by atoms with Crippen LogP contribution in [-0.4, -0.2) is 18.5 Å². The Kier molecular flexibility index (Phi) is 6.10. The summed E-state index contributed by atoms with van der Waals surface area (Å²) in [6.07, 6.45) is 0.805. The lowest BCUT2D eigenvalue weighted by atomic mass is 10.1. The summed E-state index contributed by atoms with van der Waals surface area (Å²) in [5.41, 5.74) is 1.93. The minimum Gasteiger partial charge on any atom is -0.475 e. The van der Waals surface area contributed by atoms with Crippen molar-refractivity contribution in [1.29, 1.82) is 0 Å². The standard InChI is InChI=1S/C28H24NO3P/c30-33(24-14-6-2-7-15-24,25-16-8-3-9-17-25)32-27-19-11-10-18-26(27)28-29-23(21-31-28)20-22-12-4-1-5-13-22/h1-19,23H,20-21H2/t23-/m1/s1. The maximum atomic E-state index is 14.4. The van der Waals surface area contributed by atoms with Crippen LogP contribution in [0.5, 0.6) is 5.75 Å². The number of para-hydroxylation sites is 1. The molecule has 4 aromatic rings. The van der Waals surface area contributed by atoms with E-state index in [1.54, 1.807) is 0 Å². The van der Waals surface area contributed by atoms with Gasteiger partial charge in [0.15, 0.2) is 0 Å². The SMILES string of the molecule is O=P(Oc1ccccc1C1=N[C@H](Cc2ccccc2)CO1)(c1ccccc1)c1ccccc1. The van der Waals surface area contributed by atoms with Gasteiger partial charge in [-0.3, -0.25) is 4.57 Å². The van der Waals surface area contributed by atoms with Crippen molar-refractivity contribution < 1.29 is 13.8 Å². The lowest BCUT2D eigenvalue weighted by molar-refractivity contribution is 0.316. The Labute approximate surface area is 194 Å². The first-order valence-corrected chi connectivity index (χ1v) is 12.6. The van der Waals surface area contributed by atoms with Crippen LogP contribution in [0.2, 0.25) is 0 Å². The Balaban J connectivity index is 1.48. The van der Waals surface area contributed by atoms with Crippen LogP contribution in [0.3, 0.4) is 0 Å². The fourth-order valence-corrected chi connectivity index (χ4v) is 5.99. The van der Waals surface area contributed by atoms with Crippen LogP contribution in [0, 0.1) is 0 Å². The van der Waals surface area contributed by atoms with Crippen LogP contribution in [0.15, 0.2) is 120 Å². The normalized spacial score (nSPS) is 15.5. The number of hydrogen-bond acceptors (Lipinski definition) is 4. The Bertz CT molecular complexity index is 1250. The van der Waals surface area contributed by atoms with Crippen molar-refractivity contribution >= 4 is 23.9 Å². The monoisotopic (exact) mass is 453 g/mol. The Morgan fingerprint density at radius 1 is 0.758 bits per heavy atom. The Morgan fingerprint density at radius 3 is 1.94 bits per heavy atom. The summed E-state index contributed by atoms with van der Waals surface area (Å²) >= 11 is 0. The van der Waals surface area contributed by atoms with Gasteiger partial charge in [0.25, 0.3) is 0 Å². The zero-order chi connectivity index (χ0) is 22.5. The summed E-state index contributed by atoms with van der Waals surface area (Å²) in [5.74, 6) is 1.02. The fourth-order valence-electron chi connectivity index (χ4n) is 3.92. The van der Waals surface area contributed by atoms with Crippen LogP contribution >= 0.6 is 7.37 Å². The highest BCUT2D eigenvalue weighted by Gasteiger charge is 2.32. The summed E-state index contributed by atoms with van der Waals surface area (Å²) in [6, 6.07) is 36.5. The van der Waals surface area contributed by atoms with E-state index in [0.717, 1.165) is 6.42 Å². The first-order chi connectivity index (χ1) is 16.2. The summed E-state index contributed by atoms with van der Waals surface area (Å²) in [6.45, 7) is 0.508. The molecule has 33 heavy (non-hydrogen) atoms. The molecular weight excluding hydrogens is 429 g/mol. The van der Waals surface area contributed by atoms with Crippen LogP contribution in [0.1, 0.15) is 11.1 Å². The molecule has 0 aliphatic carbocycles. The van der Waals surface area contributed by atoms with Gasteiger partial charge in [0.2, 0.25) is 5.90 Å². The molecule has 1 aliphatic heterocycles. The van der Waals surface area contributed by atoms with Gasteiger partial charge in [-0.2, -0.15) is 0 Å². The van der Waals surface area contributed by atoms with E-state index < -0.39 is 7.37 Å². The Morgan fingerprint density at radius 2 is 1.30 bits per heavy atom. The first kappa shape index (κ1) is 21.2. The lowest BCUT2D eigenvalue weighted by Gasteiger charge is -2.22. The van der Waals surface area contributed by atoms with E-state index in [1.807, 2.05) is 103 Å². The molecule has 0 saturated heterocycles. The molecule has 4 aromatic carbocycles. The maximum Gasteiger partial charge on any atom is 0.306 e. The van der Waals surface area contributed by atoms with Gasteiger partial charge in [0, 0.05) is 0 Å². The molecule has 5 heteroatoms. The summed E-state index contributed by atoms with van der Waals surface area (Å²) in [5, 5.41) is 1.28. The first-order valence-electron chi connectivity index (χ1n) is 11.0. The van der Waals surface area contributed by atoms with E-state index >= 15 is 0 Å². The number of ether oxygens (including phenoxy) is 1. The molecule has 4 nitrogen and oxygen atoms in total. The number of hydrogen-bond donors (Lipinski definition) is 0. The predicted molar refractivity (Wildman–Crippen MR) is 133 cm³/mol. The molecule has 164 valence electrons. The second kappa shape index (κ2) is 9.48. The van der Waals surface area contributed by atoms with Gasteiger partial charge < -0.3 is 9.26 Å². The number of rotatable bonds is 7. The molecule has 0 aromatic heterocycles. The van der Waals surface area contributed by atoms with Crippen molar-refractivity contribution in [2.45, 2.75) is 12.5 Å². The molecule has 1 heterocycles. The molecule has 1 atom stereocenters. The molecule has 5 rings (SSSR count). The van der Waals surface area contributed by atoms with Crippen LogP contribution in [0.4, 0.5) is 0 Å². The van der Waals surface area contributed by atoms with E-state index in [9.17, 15) is 4.57 Å². The van der Waals surface area contributed by atoms with Crippen molar-refractivity contribution in [1.82, 2.24) is 0 Å². The third-order valence-electron chi connectivity index (χ3n) is 5.56. The summed E-state index contributed by atoms with van der Waals surface area (Å²) in [4.78, 5) is 4.81. The molecule has 0 fully saturated rings. The Hall–Kier alpha value is -3.62. The number of aliphatic imine (C=N–C) groups is 1. The van der Waals surface area contributed by atoms with Crippen LogP contribution < -0.4 is 15.1 Å². The maximum absolute atomic E-state index is 14.4. The van der Waals surface area contributed by atoms with Crippen molar-refractivity contribution in [3.63, 3.8) is 0 Å². The fraction of sp³-hybridized carbons (Fsp3) is 0.107. The van der Waals surface area contributed by atoms with Gasteiger partial charge in [-0.25, -0.2) is 4.99 Å². The molecule has 0 bridgehead atoms. The van der Waals surface area contributed by atoms with E-state index in [4.69, 9.17) is 14.3 Å². The predicted octanol–water partition coefficient (Wildman–Crippen LogP) is 5.38. The average molecular weight is 453 g/mol. The number of nitrogens with zero attached hydrogens (tertiary/aromatic N) is 1. The van der Waals surface area contributed by atoms with E-state index in [0.29, 0.717) is 34.4 Å². The van der Waals surface area contributed by atoms with Gasteiger partial charge in [-0.1, -0.05) is 78.9 Å². The minimum atomic E-state index is -3.39. The van der Waals surface area contributed by atoms with E-state index in [-0.39, 0.29) is 6.04 Å². The second-order valence-corrected chi connectivity index (χ2v) is 10.2. The van der Waals surface area contributed by atoms with Gasteiger partial charge in [0.05, 0.1) is 22.2 Å². The van der Waals surface area contributed by atoms with Crippen molar-refractivity contribution in [2.75, 3.05) is 6.61 Å². The number of benzene rings is 4. The minimum absolute atomic E-state index is 0.0329. The quantitative estimate of drug-likeness (QED) is 0.353. The highest BCUT2D eigenvalue weighted by atomic mass is 31.2. The van der Waals surface area contributed by atoms with Gasteiger partial charge >= 0.3 is 7.37 Å². The van der Waals surface area contributed by atoms with Crippen molar-refractivity contribution in [3.8, 4) is 5.75 Å². The summed E-state index contributed by atoms with van der Waals surface area (Å²) < 4.78 is 26.7. The average Bonchev–Trinajstić information content (AvgIpc) is 3.34. The molecule has 0 unspecified atom stereocenters. The van der Waals surface area contributed by atoms with Gasteiger partial charge in [0.1, 0.15) is 12.4 Å². The van der Waals surface area contributed by atoms with Crippen molar-refractivity contribution in [2.24, 2.45) is 4.99 Å². The molecule has 0 amide bonds. The highest BCUT2D eigenvalue weighted by Crippen LogP contribution is 2.46. The van der Waals surface area contributed by atoms with Gasteiger partial charge in [-0.15, -0.1) is 0 Å². The molecule has 0 N–H and O–H groups in total. The zero-order valence-corrected chi connectivity index (χ0v) is 19.0. The molecule has 0 radical (unpaired) electrons. The second-order valence-electron chi connectivity index (χ2n) is 7.90. The van der Waals surface area contributed by atoms with Crippen LogP contribution in [-0.2, 0) is 15.7 Å². The lowest BCUT2D eigenvalue weighted by Crippen LogP contribution is -2.20. The molecule has 0 saturated carbocycles. The van der Waals surface area contributed by atoms with E-state index in [1.165, 1.54) is 5.56 Å². The molecule has 0 spiro atoms. The third kappa shape index (κ3) is 4.62. The third-order valence-corrected chi connectivity index (χ3v) is 7.97. The zero-order valence-electron chi connectivity index (χ0n) is 18.1. The highest BCUT2D eigenvalue weighted by molar-refractivity contribution is 7.74. The molecule has 1 aliphatic rings. The van der Waals surface area contributed by atoms with Gasteiger partial charge in [-0.05, 0) is 48.4 Å². The molecular formula is C28H24NO3P.